The van der Waals surface area contributed by atoms with Gasteiger partial charge in [-0.25, -0.2) is 0 Å². The minimum Gasteiger partial charge on any atom is -0.466 e. The molecular weight excluding hydrogens is 320 g/mol. The van der Waals surface area contributed by atoms with Crippen molar-refractivity contribution in [3.05, 3.63) is 40.6 Å². The molecule has 0 atom stereocenters. The number of amides is 2. The van der Waals surface area contributed by atoms with Crippen LogP contribution >= 0.6 is 0 Å². The van der Waals surface area contributed by atoms with Crippen molar-refractivity contribution in [2.45, 2.75) is 59.9 Å². The average molecular weight is 346 g/mol. The van der Waals surface area contributed by atoms with Gasteiger partial charge in [0.25, 0.3) is 11.8 Å². The fourth-order valence-electron chi connectivity index (χ4n) is 2.56. The summed E-state index contributed by atoms with van der Waals surface area (Å²) in [5, 5.41) is 4.41. The van der Waals surface area contributed by atoms with Gasteiger partial charge in [0.15, 0.2) is 5.69 Å². The topological polar surface area (TPSA) is 89.2 Å². The van der Waals surface area contributed by atoms with Gasteiger partial charge in [0.1, 0.15) is 11.5 Å². The first kappa shape index (κ1) is 18.8. The Balaban J connectivity index is 2.13. The van der Waals surface area contributed by atoms with Crippen LogP contribution in [0.2, 0.25) is 0 Å². The van der Waals surface area contributed by atoms with Crippen molar-refractivity contribution in [3.63, 3.8) is 0 Å². The highest BCUT2D eigenvalue weighted by Crippen LogP contribution is 2.23. The lowest BCUT2D eigenvalue weighted by molar-refractivity contribution is 0.0842. The zero-order valence-corrected chi connectivity index (χ0v) is 15.9. The van der Waals surface area contributed by atoms with Gasteiger partial charge < -0.3 is 4.42 Å². The van der Waals surface area contributed by atoms with E-state index in [1.807, 2.05) is 39.3 Å². The predicted octanol–water partition coefficient (Wildman–Crippen LogP) is 3.05. The summed E-state index contributed by atoms with van der Waals surface area (Å²) in [4.78, 5) is 24.5. The maximum atomic E-state index is 12.4. The van der Waals surface area contributed by atoms with Gasteiger partial charge in [0.05, 0.1) is 11.1 Å². The Bertz CT molecular complexity index is 794. The second-order valence-electron chi connectivity index (χ2n) is 7.43. The van der Waals surface area contributed by atoms with Crippen LogP contribution in [-0.2, 0) is 5.54 Å². The number of rotatable bonds is 3. The quantitative estimate of drug-likeness (QED) is 0.836. The van der Waals surface area contributed by atoms with Crippen LogP contribution in [0.4, 0.5) is 0 Å². The van der Waals surface area contributed by atoms with Crippen LogP contribution < -0.4 is 10.9 Å². The van der Waals surface area contributed by atoms with E-state index in [1.54, 1.807) is 26.0 Å². The molecule has 0 unspecified atom stereocenters. The predicted molar refractivity (Wildman–Crippen MR) is 94.4 cm³/mol. The summed E-state index contributed by atoms with van der Waals surface area (Å²) in [5.41, 5.74) is 6.18. The van der Waals surface area contributed by atoms with Crippen LogP contribution in [0.5, 0.6) is 0 Å². The molecule has 7 nitrogen and oxygen atoms in total. The molecule has 0 saturated carbocycles. The second-order valence-corrected chi connectivity index (χ2v) is 7.43. The monoisotopic (exact) mass is 346 g/mol. The summed E-state index contributed by atoms with van der Waals surface area (Å²) >= 11 is 0. The number of aromatic nitrogens is 2. The van der Waals surface area contributed by atoms with E-state index in [1.165, 1.54) is 0 Å². The van der Waals surface area contributed by atoms with E-state index in [9.17, 15) is 9.59 Å². The lowest BCUT2D eigenvalue weighted by Crippen LogP contribution is -2.42. The van der Waals surface area contributed by atoms with Crippen LogP contribution in [0.15, 0.2) is 16.5 Å². The summed E-state index contributed by atoms with van der Waals surface area (Å²) in [6, 6.07) is 3.38. The first-order valence-electron chi connectivity index (χ1n) is 8.29. The third kappa shape index (κ3) is 4.10. The Hall–Kier alpha value is -2.57. The number of furan rings is 1. The summed E-state index contributed by atoms with van der Waals surface area (Å²) in [6.45, 7) is 13.6. The minimum absolute atomic E-state index is 0.222. The molecule has 7 heteroatoms. The molecule has 2 aromatic rings. The molecule has 0 aliphatic heterocycles. The van der Waals surface area contributed by atoms with Gasteiger partial charge in [-0.05, 0) is 52.7 Å². The van der Waals surface area contributed by atoms with Gasteiger partial charge >= 0.3 is 0 Å². The molecular formula is C18H26N4O3. The lowest BCUT2D eigenvalue weighted by Gasteiger charge is -2.23. The lowest BCUT2D eigenvalue weighted by atomic mass is 10.1. The Morgan fingerprint density at radius 2 is 1.72 bits per heavy atom. The van der Waals surface area contributed by atoms with Gasteiger partial charge in [-0.1, -0.05) is 13.8 Å². The second kappa shape index (κ2) is 6.74. The molecule has 0 spiro atoms. The third-order valence-corrected chi connectivity index (χ3v) is 3.77. The molecule has 2 aromatic heterocycles. The van der Waals surface area contributed by atoms with Gasteiger partial charge in [-0.2, -0.15) is 5.10 Å². The van der Waals surface area contributed by atoms with Crippen molar-refractivity contribution in [2.24, 2.45) is 0 Å². The van der Waals surface area contributed by atoms with Crippen LogP contribution in [0, 0.1) is 13.8 Å². The van der Waals surface area contributed by atoms with Gasteiger partial charge in [0, 0.05) is 5.69 Å². The van der Waals surface area contributed by atoms with E-state index in [0.717, 1.165) is 5.69 Å². The zero-order valence-electron chi connectivity index (χ0n) is 15.9. The first-order valence-corrected chi connectivity index (χ1v) is 8.29. The molecule has 0 radical (unpaired) electrons. The number of hydrazine groups is 1. The maximum Gasteiger partial charge on any atom is 0.290 e. The van der Waals surface area contributed by atoms with E-state index in [-0.39, 0.29) is 17.2 Å². The van der Waals surface area contributed by atoms with Crippen LogP contribution in [0.3, 0.4) is 0 Å². The summed E-state index contributed by atoms with van der Waals surface area (Å²) in [5.74, 6) is 0.473. The SMILES string of the molecule is Cc1cc(C(=O)NNC(=O)c2cc(C(C)C)n(C(C)(C)C)n2)c(C)o1. The van der Waals surface area contributed by atoms with Gasteiger partial charge in [-0.3, -0.25) is 25.1 Å². The Kier molecular flexibility index (Phi) is 5.06. The largest absolute Gasteiger partial charge is 0.466 e. The van der Waals surface area contributed by atoms with Crippen molar-refractivity contribution < 1.29 is 14.0 Å². The zero-order chi connectivity index (χ0) is 18.9. The van der Waals surface area contributed by atoms with Crippen molar-refractivity contribution in [1.82, 2.24) is 20.6 Å². The van der Waals surface area contributed by atoms with E-state index in [0.29, 0.717) is 17.1 Å². The molecule has 0 fully saturated rings. The van der Waals surface area contributed by atoms with Crippen molar-refractivity contribution in [3.8, 4) is 0 Å². The number of carbonyl (C=O) groups excluding carboxylic acids is 2. The van der Waals surface area contributed by atoms with Crippen LogP contribution in [-0.4, -0.2) is 21.6 Å². The Morgan fingerprint density at radius 1 is 1.12 bits per heavy atom. The Labute approximate surface area is 147 Å². The molecule has 2 rings (SSSR count). The van der Waals surface area contributed by atoms with Crippen molar-refractivity contribution in [2.75, 3.05) is 0 Å². The van der Waals surface area contributed by atoms with E-state index >= 15 is 0 Å². The highest BCUT2D eigenvalue weighted by atomic mass is 16.3. The van der Waals surface area contributed by atoms with Crippen LogP contribution in [0.25, 0.3) is 0 Å². The Morgan fingerprint density at radius 3 is 2.16 bits per heavy atom. The number of carbonyl (C=O) groups is 2. The van der Waals surface area contributed by atoms with E-state index in [2.05, 4.69) is 16.0 Å². The number of hydrogen-bond donors (Lipinski definition) is 2. The third-order valence-electron chi connectivity index (χ3n) is 3.77. The molecule has 0 aromatic carbocycles. The standard InChI is InChI=1S/C18H26N4O3/c1-10(2)15-9-14(21-22(15)18(5,6)7)17(24)20-19-16(23)13-8-11(3)25-12(13)4/h8-10H,1-7H3,(H,19,23)(H,20,24). The average Bonchev–Trinajstić information content (AvgIpc) is 3.07. The smallest absolute Gasteiger partial charge is 0.290 e. The summed E-state index contributed by atoms with van der Waals surface area (Å²) < 4.78 is 7.17. The first-order chi connectivity index (χ1) is 11.5. The molecule has 0 aliphatic rings. The van der Waals surface area contributed by atoms with E-state index in [4.69, 9.17) is 4.42 Å². The fraction of sp³-hybridized carbons (Fsp3) is 0.500. The molecule has 2 heterocycles. The summed E-state index contributed by atoms with van der Waals surface area (Å²) in [6.07, 6.45) is 0. The van der Waals surface area contributed by atoms with Crippen LogP contribution in [0.1, 0.15) is 78.6 Å². The highest BCUT2D eigenvalue weighted by molar-refractivity contribution is 5.98. The van der Waals surface area contributed by atoms with Crippen molar-refractivity contribution >= 4 is 11.8 Å². The number of nitrogens with zero attached hydrogens (tertiary/aromatic N) is 2. The van der Waals surface area contributed by atoms with Gasteiger partial charge in [0.2, 0.25) is 0 Å². The number of aryl methyl sites for hydroxylation is 2. The molecule has 136 valence electrons. The molecule has 0 bridgehead atoms. The fourth-order valence-corrected chi connectivity index (χ4v) is 2.56. The van der Waals surface area contributed by atoms with Crippen molar-refractivity contribution in [1.29, 1.82) is 0 Å². The number of nitrogens with one attached hydrogen (secondary N) is 2. The highest BCUT2D eigenvalue weighted by Gasteiger charge is 2.24. The molecule has 25 heavy (non-hydrogen) atoms. The maximum absolute atomic E-state index is 12.4. The molecule has 0 saturated heterocycles. The number of hydrogen-bond acceptors (Lipinski definition) is 4. The normalized spacial score (nSPS) is 11.7. The summed E-state index contributed by atoms with van der Waals surface area (Å²) in [7, 11) is 0. The molecule has 2 amide bonds. The minimum atomic E-state index is -0.462. The van der Waals surface area contributed by atoms with E-state index < -0.39 is 11.8 Å². The molecule has 2 N–H and O–H groups in total. The van der Waals surface area contributed by atoms with Gasteiger partial charge in [-0.15, -0.1) is 0 Å². The molecule has 0 aliphatic carbocycles.